The van der Waals surface area contributed by atoms with Gasteiger partial charge in [-0.2, -0.15) is 0 Å². The predicted molar refractivity (Wildman–Crippen MR) is 75.6 cm³/mol. The van der Waals surface area contributed by atoms with Gasteiger partial charge in [0.25, 0.3) is 0 Å². The summed E-state index contributed by atoms with van der Waals surface area (Å²) in [5.74, 6) is 0.753. The van der Waals surface area contributed by atoms with Gasteiger partial charge >= 0.3 is 0 Å². The van der Waals surface area contributed by atoms with Gasteiger partial charge in [-0.15, -0.1) is 0 Å². The molecule has 1 N–H and O–H groups in total. The number of ether oxygens (including phenoxy) is 1. The van der Waals surface area contributed by atoms with E-state index in [-0.39, 0.29) is 6.10 Å². The summed E-state index contributed by atoms with van der Waals surface area (Å²) in [5.41, 5.74) is 2.91. The van der Waals surface area contributed by atoms with E-state index in [2.05, 4.69) is 0 Å². The molecule has 3 rings (SSSR count). The molecule has 0 fully saturated rings. The molecular weight excluding hydrogens is 260 g/mol. The van der Waals surface area contributed by atoms with Gasteiger partial charge in [0.15, 0.2) is 0 Å². The minimum absolute atomic E-state index is 0.150. The van der Waals surface area contributed by atoms with Crippen LogP contribution >= 0.6 is 11.6 Å². The average Bonchev–Trinajstić information content (AvgIpc) is 2.42. The van der Waals surface area contributed by atoms with Crippen LogP contribution in [0.2, 0.25) is 5.02 Å². The number of aryl methyl sites for hydroxylation is 1. The highest BCUT2D eigenvalue weighted by Gasteiger charge is 2.27. The van der Waals surface area contributed by atoms with Crippen LogP contribution in [0.15, 0.2) is 42.5 Å². The van der Waals surface area contributed by atoms with Gasteiger partial charge in [0, 0.05) is 17.0 Å². The first-order valence-corrected chi connectivity index (χ1v) is 6.72. The van der Waals surface area contributed by atoms with Crippen molar-refractivity contribution < 1.29 is 9.84 Å². The third-order valence-electron chi connectivity index (χ3n) is 3.55. The van der Waals surface area contributed by atoms with Crippen LogP contribution in [-0.2, 0) is 0 Å². The Morgan fingerprint density at radius 3 is 2.79 bits per heavy atom. The molecule has 2 aromatic rings. The van der Waals surface area contributed by atoms with Gasteiger partial charge in [-0.25, -0.2) is 0 Å². The molecule has 2 unspecified atom stereocenters. The molecule has 1 aliphatic heterocycles. The summed E-state index contributed by atoms with van der Waals surface area (Å²) in [4.78, 5) is 0. The second-order valence-electron chi connectivity index (χ2n) is 4.90. The Balaban J connectivity index is 1.94. The molecular formula is C16H15ClO2. The average molecular weight is 275 g/mol. The molecule has 0 radical (unpaired) electrons. The molecule has 0 saturated carbocycles. The van der Waals surface area contributed by atoms with E-state index in [1.165, 1.54) is 0 Å². The number of halogens is 1. The molecule has 0 aliphatic carbocycles. The van der Waals surface area contributed by atoms with Crippen LogP contribution in [0.25, 0.3) is 0 Å². The maximum Gasteiger partial charge on any atom is 0.127 e. The molecule has 0 saturated heterocycles. The van der Waals surface area contributed by atoms with E-state index in [9.17, 15) is 5.11 Å². The summed E-state index contributed by atoms with van der Waals surface area (Å²) in [6.07, 6.45) is -0.0887. The van der Waals surface area contributed by atoms with Crippen molar-refractivity contribution in [2.45, 2.75) is 25.6 Å². The van der Waals surface area contributed by atoms with Crippen LogP contribution in [0.5, 0.6) is 5.75 Å². The fourth-order valence-corrected chi connectivity index (χ4v) is 2.60. The minimum Gasteiger partial charge on any atom is -0.485 e. The van der Waals surface area contributed by atoms with Gasteiger partial charge in [-0.1, -0.05) is 41.9 Å². The lowest BCUT2D eigenvalue weighted by Crippen LogP contribution is -2.18. The van der Waals surface area contributed by atoms with Crippen molar-refractivity contribution >= 4 is 11.6 Å². The second-order valence-corrected chi connectivity index (χ2v) is 5.31. The van der Waals surface area contributed by atoms with Crippen molar-refractivity contribution in [1.29, 1.82) is 0 Å². The van der Waals surface area contributed by atoms with E-state index in [0.29, 0.717) is 6.42 Å². The zero-order valence-electron chi connectivity index (χ0n) is 10.6. The fraction of sp³-hybridized carbons (Fsp3) is 0.250. The Morgan fingerprint density at radius 1 is 1.21 bits per heavy atom. The van der Waals surface area contributed by atoms with Crippen molar-refractivity contribution in [2.24, 2.45) is 0 Å². The number of fused-ring (bicyclic) bond motifs is 1. The predicted octanol–water partition coefficient (Wildman–Crippen LogP) is 4.21. The normalized spacial score (nSPS) is 21.6. The van der Waals surface area contributed by atoms with Crippen molar-refractivity contribution in [3.8, 4) is 5.75 Å². The number of para-hydroxylation sites is 1. The van der Waals surface area contributed by atoms with Crippen LogP contribution in [0, 0.1) is 6.92 Å². The lowest BCUT2D eigenvalue weighted by atomic mass is 9.94. The third-order valence-corrected chi connectivity index (χ3v) is 3.96. The Morgan fingerprint density at radius 2 is 2.00 bits per heavy atom. The lowest BCUT2D eigenvalue weighted by Gasteiger charge is -2.30. The first-order chi connectivity index (χ1) is 9.15. The van der Waals surface area contributed by atoms with E-state index in [1.54, 1.807) is 0 Å². The van der Waals surface area contributed by atoms with Gasteiger partial charge < -0.3 is 9.84 Å². The number of aliphatic hydroxyl groups is 1. The molecule has 0 bridgehead atoms. The largest absolute Gasteiger partial charge is 0.485 e. The molecule has 2 nitrogen and oxygen atoms in total. The first-order valence-electron chi connectivity index (χ1n) is 6.35. The van der Waals surface area contributed by atoms with Crippen LogP contribution in [0.1, 0.15) is 35.3 Å². The maximum absolute atomic E-state index is 10.2. The fourth-order valence-electron chi connectivity index (χ4n) is 2.41. The van der Waals surface area contributed by atoms with Crippen LogP contribution in [-0.4, -0.2) is 5.11 Å². The van der Waals surface area contributed by atoms with Crippen molar-refractivity contribution in [3.63, 3.8) is 0 Å². The number of hydrogen-bond donors (Lipinski definition) is 1. The first kappa shape index (κ1) is 12.5. The zero-order chi connectivity index (χ0) is 13.4. The standard InChI is InChI=1S/C16H15ClO2/c1-10-6-7-11(8-13(10)17)16-9-14(18)12-4-2-3-5-15(12)19-16/h2-8,14,16,18H,9H2,1H3. The molecule has 0 amide bonds. The molecule has 0 spiro atoms. The topological polar surface area (TPSA) is 29.5 Å². The van der Waals surface area contributed by atoms with E-state index in [0.717, 1.165) is 27.5 Å². The van der Waals surface area contributed by atoms with Crippen LogP contribution in [0.3, 0.4) is 0 Å². The zero-order valence-corrected chi connectivity index (χ0v) is 11.4. The molecule has 98 valence electrons. The monoisotopic (exact) mass is 274 g/mol. The van der Waals surface area contributed by atoms with Gasteiger partial charge in [0.1, 0.15) is 11.9 Å². The molecule has 3 heteroatoms. The highest BCUT2D eigenvalue weighted by Crippen LogP contribution is 2.40. The van der Waals surface area contributed by atoms with E-state index < -0.39 is 6.10 Å². The van der Waals surface area contributed by atoms with Gasteiger partial charge in [-0.3, -0.25) is 0 Å². The van der Waals surface area contributed by atoms with E-state index in [4.69, 9.17) is 16.3 Å². The Hall–Kier alpha value is -1.51. The highest BCUT2D eigenvalue weighted by molar-refractivity contribution is 6.31. The van der Waals surface area contributed by atoms with Crippen LogP contribution in [0.4, 0.5) is 0 Å². The summed E-state index contributed by atoms with van der Waals surface area (Å²) in [7, 11) is 0. The SMILES string of the molecule is Cc1ccc(C2CC(O)c3ccccc3O2)cc1Cl. The van der Waals surface area contributed by atoms with E-state index >= 15 is 0 Å². The Labute approximate surface area is 117 Å². The quantitative estimate of drug-likeness (QED) is 0.844. The van der Waals surface area contributed by atoms with Gasteiger partial charge in [-0.05, 0) is 30.2 Å². The Bertz CT molecular complexity index is 609. The minimum atomic E-state index is -0.491. The third kappa shape index (κ3) is 2.34. The van der Waals surface area contributed by atoms with Gasteiger partial charge in [0.2, 0.25) is 0 Å². The van der Waals surface area contributed by atoms with Crippen LogP contribution < -0.4 is 4.74 Å². The lowest BCUT2D eigenvalue weighted by molar-refractivity contribution is 0.0657. The molecule has 2 atom stereocenters. The number of hydrogen-bond acceptors (Lipinski definition) is 2. The molecule has 19 heavy (non-hydrogen) atoms. The molecule has 1 aliphatic rings. The number of aliphatic hydroxyl groups excluding tert-OH is 1. The van der Waals surface area contributed by atoms with E-state index in [1.807, 2.05) is 49.4 Å². The summed E-state index contributed by atoms with van der Waals surface area (Å²) >= 11 is 6.15. The number of benzene rings is 2. The maximum atomic E-state index is 10.2. The summed E-state index contributed by atoms with van der Waals surface area (Å²) < 4.78 is 5.96. The smallest absolute Gasteiger partial charge is 0.127 e. The number of rotatable bonds is 1. The van der Waals surface area contributed by atoms with Crippen molar-refractivity contribution in [1.82, 2.24) is 0 Å². The Kier molecular flexibility index (Phi) is 3.21. The van der Waals surface area contributed by atoms with Crippen molar-refractivity contribution in [3.05, 3.63) is 64.2 Å². The second kappa shape index (κ2) is 4.87. The molecule has 1 heterocycles. The summed E-state index contributed by atoms with van der Waals surface area (Å²) in [6, 6.07) is 13.5. The summed E-state index contributed by atoms with van der Waals surface area (Å²) in [5, 5.41) is 10.9. The van der Waals surface area contributed by atoms with Gasteiger partial charge in [0.05, 0.1) is 6.10 Å². The van der Waals surface area contributed by atoms with Crippen molar-refractivity contribution in [2.75, 3.05) is 0 Å². The summed E-state index contributed by atoms with van der Waals surface area (Å²) in [6.45, 7) is 1.97. The highest BCUT2D eigenvalue weighted by atomic mass is 35.5. The molecule has 2 aromatic carbocycles. The molecule has 0 aromatic heterocycles.